The first-order valence-electron chi connectivity index (χ1n) is 8.84. The summed E-state index contributed by atoms with van der Waals surface area (Å²) in [5.41, 5.74) is 1.01. The van der Waals surface area contributed by atoms with Crippen molar-refractivity contribution in [3.05, 3.63) is 59.3 Å². The molecule has 3 rings (SSSR count). The summed E-state index contributed by atoms with van der Waals surface area (Å²) in [5.74, 6) is 0.799. The molecule has 0 aliphatic carbocycles. The van der Waals surface area contributed by atoms with E-state index in [0.717, 1.165) is 37.1 Å². The van der Waals surface area contributed by atoms with Crippen LogP contribution in [0.15, 0.2) is 40.8 Å². The zero-order valence-electron chi connectivity index (χ0n) is 14.9. The molecule has 0 radical (unpaired) electrons. The van der Waals surface area contributed by atoms with Crippen LogP contribution in [0.3, 0.4) is 0 Å². The Kier molecular flexibility index (Phi) is 5.53. The van der Waals surface area contributed by atoms with Crippen molar-refractivity contribution in [2.45, 2.75) is 38.3 Å². The van der Waals surface area contributed by atoms with Crippen molar-refractivity contribution >= 4 is 5.91 Å². The van der Waals surface area contributed by atoms with Crippen LogP contribution < -0.4 is 0 Å². The van der Waals surface area contributed by atoms with E-state index < -0.39 is 0 Å². The molecule has 5 heteroatoms. The van der Waals surface area contributed by atoms with Gasteiger partial charge in [0.15, 0.2) is 5.76 Å². The number of furan rings is 1. The Bertz CT molecular complexity index is 726. The number of carbonyl (C=O) groups excluding carboxylic acids is 1. The zero-order valence-corrected chi connectivity index (χ0v) is 14.9. The van der Waals surface area contributed by atoms with Gasteiger partial charge < -0.3 is 9.32 Å². The second-order valence-corrected chi connectivity index (χ2v) is 6.86. The molecule has 25 heavy (non-hydrogen) atoms. The van der Waals surface area contributed by atoms with Gasteiger partial charge in [-0.1, -0.05) is 25.0 Å². The molecule has 1 aliphatic heterocycles. The molecule has 1 saturated heterocycles. The van der Waals surface area contributed by atoms with Crippen LogP contribution in [0.2, 0.25) is 0 Å². The van der Waals surface area contributed by atoms with Gasteiger partial charge in [0.2, 0.25) is 0 Å². The SMILES string of the molecule is CN(C)C(=O)c1ccc(CN2CCCCC[C@H]2c2cccc(F)c2)o1. The molecule has 0 saturated carbocycles. The van der Waals surface area contributed by atoms with Crippen molar-refractivity contribution in [1.82, 2.24) is 9.80 Å². The van der Waals surface area contributed by atoms with E-state index in [1.165, 1.54) is 17.4 Å². The lowest BCUT2D eigenvalue weighted by Crippen LogP contribution is -2.28. The molecule has 1 aromatic carbocycles. The molecule has 1 aliphatic rings. The van der Waals surface area contributed by atoms with E-state index in [2.05, 4.69) is 4.90 Å². The van der Waals surface area contributed by atoms with Gasteiger partial charge in [-0.25, -0.2) is 4.39 Å². The fourth-order valence-corrected chi connectivity index (χ4v) is 3.45. The van der Waals surface area contributed by atoms with Crippen LogP contribution in [0.4, 0.5) is 4.39 Å². The van der Waals surface area contributed by atoms with Crippen molar-refractivity contribution < 1.29 is 13.6 Å². The Hall–Kier alpha value is -2.14. The Morgan fingerprint density at radius 1 is 1.24 bits per heavy atom. The third-order valence-corrected chi connectivity index (χ3v) is 4.73. The van der Waals surface area contributed by atoms with Crippen LogP contribution in [0, 0.1) is 5.82 Å². The average molecular weight is 344 g/mol. The number of hydrogen-bond donors (Lipinski definition) is 0. The normalized spacial score (nSPS) is 18.8. The van der Waals surface area contributed by atoms with Crippen molar-refractivity contribution in [2.24, 2.45) is 0 Å². The maximum Gasteiger partial charge on any atom is 0.289 e. The van der Waals surface area contributed by atoms with Crippen LogP contribution in [0.5, 0.6) is 0 Å². The van der Waals surface area contributed by atoms with Gasteiger partial charge in [-0.05, 0) is 49.2 Å². The summed E-state index contributed by atoms with van der Waals surface area (Å²) < 4.78 is 19.4. The fraction of sp³-hybridized carbons (Fsp3) is 0.450. The van der Waals surface area contributed by atoms with E-state index in [1.807, 2.05) is 12.1 Å². The molecule has 1 fully saturated rings. The predicted molar refractivity (Wildman–Crippen MR) is 94.7 cm³/mol. The molecule has 4 nitrogen and oxygen atoms in total. The molecule has 0 bridgehead atoms. The molecular weight excluding hydrogens is 319 g/mol. The summed E-state index contributed by atoms with van der Waals surface area (Å²) in [5, 5.41) is 0. The molecule has 0 spiro atoms. The molecule has 0 unspecified atom stereocenters. The highest BCUT2D eigenvalue weighted by Crippen LogP contribution is 2.32. The molecule has 1 aromatic heterocycles. The summed E-state index contributed by atoms with van der Waals surface area (Å²) in [6, 6.07) is 10.7. The highest BCUT2D eigenvalue weighted by molar-refractivity contribution is 5.91. The smallest absolute Gasteiger partial charge is 0.289 e. The number of nitrogens with zero attached hydrogens (tertiary/aromatic N) is 2. The number of amides is 1. The highest BCUT2D eigenvalue weighted by atomic mass is 19.1. The summed E-state index contributed by atoms with van der Waals surface area (Å²) >= 11 is 0. The van der Waals surface area contributed by atoms with Gasteiger partial charge in [0, 0.05) is 20.1 Å². The molecule has 134 valence electrons. The first kappa shape index (κ1) is 17.7. The van der Waals surface area contributed by atoms with Gasteiger partial charge >= 0.3 is 0 Å². The number of carbonyl (C=O) groups is 1. The Balaban J connectivity index is 1.79. The Labute approximate surface area is 148 Å². The van der Waals surface area contributed by atoms with Gasteiger partial charge in [0.25, 0.3) is 5.91 Å². The monoisotopic (exact) mass is 344 g/mol. The van der Waals surface area contributed by atoms with E-state index in [4.69, 9.17) is 4.42 Å². The van der Waals surface area contributed by atoms with Crippen molar-refractivity contribution in [1.29, 1.82) is 0 Å². The van der Waals surface area contributed by atoms with Crippen LogP contribution in [0.1, 0.15) is 53.6 Å². The number of benzene rings is 1. The topological polar surface area (TPSA) is 36.7 Å². The lowest BCUT2D eigenvalue weighted by Gasteiger charge is -2.29. The average Bonchev–Trinajstić information content (AvgIpc) is 2.92. The number of hydrogen-bond acceptors (Lipinski definition) is 3. The Morgan fingerprint density at radius 2 is 2.08 bits per heavy atom. The molecule has 2 heterocycles. The van der Waals surface area contributed by atoms with Crippen molar-refractivity contribution in [3.8, 4) is 0 Å². The number of likely N-dealkylation sites (tertiary alicyclic amines) is 1. The molecule has 1 amide bonds. The minimum Gasteiger partial charge on any atom is -0.455 e. The standard InChI is InChI=1S/C20H25FN2O2/c1-22(2)20(24)19-11-10-17(25-19)14-23-12-5-3-4-9-18(23)15-7-6-8-16(21)13-15/h6-8,10-11,13,18H,3-5,9,12,14H2,1-2H3/t18-/m0/s1. The van der Waals surface area contributed by atoms with E-state index in [-0.39, 0.29) is 17.8 Å². The van der Waals surface area contributed by atoms with Gasteiger partial charge in [-0.3, -0.25) is 9.69 Å². The minimum atomic E-state index is -0.196. The Morgan fingerprint density at radius 3 is 2.84 bits per heavy atom. The second-order valence-electron chi connectivity index (χ2n) is 6.86. The van der Waals surface area contributed by atoms with E-state index in [1.54, 1.807) is 32.3 Å². The second kappa shape index (κ2) is 7.83. The summed E-state index contributed by atoms with van der Waals surface area (Å²) in [4.78, 5) is 15.8. The van der Waals surface area contributed by atoms with Gasteiger partial charge in [-0.2, -0.15) is 0 Å². The van der Waals surface area contributed by atoms with Gasteiger partial charge in [-0.15, -0.1) is 0 Å². The maximum atomic E-state index is 13.7. The van der Waals surface area contributed by atoms with Crippen molar-refractivity contribution in [3.63, 3.8) is 0 Å². The highest BCUT2D eigenvalue weighted by Gasteiger charge is 2.24. The number of rotatable bonds is 4. The van der Waals surface area contributed by atoms with Crippen LogP contribution in [-0.4, -0.2) is 36.3 Å². The van der Waals surface area contributed by atoms with Crippen molar-refractivity contribution in [2.75, 3.05) is 20.6 Å². The summed E-state index contributed by atoms with van der Waals surface area (Å²) in [7, 11) is 3.42. The first-order valence-corrected chi connectivity index (χ1v) is 8.84. The summed E-state index contributed by atoms with van der Waals surface area (Å²) in [6.07, 6.45) is 4.45. The van der Waals surface area contributed by atoms with E-state index in [0.29, 0.717) is 12.3 Å². The van der Waals surface area contributed by atoms with Crippen LogP contribution in [-0.2, 0) is 6.54 Å². The molecular formula is C20H25FN2O2. The van der Waals surface area contributed by atoms with E-state index >= 15 is 0 Å². The molecule has 2 aromatic rings. The molecule has 0 N–H and O–H groups in total. The van der Waals surface area contributed by atoms with E-state index in [9.17, 15) is 9.18 Å². The number of halogens is 1. The lowest BCUT2D eigenvalue weighted by atomic mass is 10.0. The zero-order chi connectivity index (χ0) is 17.8. The largest absolute Gasteiger partial charge is 0.455 e. The third-order valence-electron chi connectivity index (χ3n) is 4.73. The third kappa shape index (κ3) is 4.28. The van der Waals surface area contributed by atoms with Crippen LogP contribution >= 0.6 is 0 Å². The van der Waals surface area contributed by atoms with Gasteiger partial charge in [0.05, 0.1) is 6.54 Å². The quantitative estimate of drug-likeness (QED) is 0.832. The lowest BCUT2D eigenvalue weighted by molar-refractivity contribution is 0.0791. The summed E-state index contributed by atoms with van der Waals surface area (Å²) in [6.45, 7) is 1.57. The fourth-order valence-electron chi connectivity index (χ4n) is 3.45. The van der Waals surface area contributed by atoms with Crippen LogP contribution in [0.25, 0.3) is 0 Å². The molecule has 1 atom stereocenters. The predicted octanol–water partition coefficient (Wildman–Crippen LogP) is 4.24. The first-order chi connectivity index (χ1) is 12.0. The minimum absolute atomic E-state index is 0.135. The maximum absolute atomic E-state index is 13.7. The van der Waals surface area contributed by atoms with Gasteiger partial charge in [0.1, 0.15) is 11.6 Å².